The molecule has 3 aromatic rings. The molecule has 22 heavy (non-hydrogen) atoms. The van der Waals surface area contributed by atoms with Gasteiger partial charge in [-0.25, -0.2) is 4.63 Å². The van der Waals surface area contributed by atoms with Gasteiger partial charge < -0.3 is 5.32 Å². The highest BCUT2D eigenvalue weighted by molar-refractivity contribution is 5.83. The van der Waals surface area contributed by atoms with Crippen molar-refractivity contribution in [1.82, 2.24) is 25.4 Å². The third-order valence-electron chi connectivity index (χ3n) is 3.61. The molecule has 0 aliphatic heterocycles. The van der Waals surface area contributed by atoms with Crippen molar-refractivity contribution >= 4 is 16.8 Å². The van der Waals surface area contributed by atoms with E-state index >= 15 is 0 Å². The van der Waals surface area contributed by atoms with Crippen LogP contribution in [-0.2, 0) is 24.8 Å². The Morgan fingerprint density at radius 3 is 2.82 bits per heavy atom. The van der Waals surface area contributed by atoms with Gasteiger partial charge in [-0.2, -0.15) is 5.10 Å². The number of nitrogens with zero attached hydrogens (tertiary/aromatic N) is 4. The van der Waals surface area contributed by atoms with Gasteiger partial charge in [-0.3, -0.25) is 9.48 Å². The lowest BCUT2D eigenvalue weighted by Crippen LogP contribution is -2.25. The zero-order valence-corrected chi connectivity index (χ0v) is 12.8. The third kappa shape index (κ3) is 2.69. The Balaban J connectivity index is 1.72. The average Bonchev–Trinajstić information content (AvgIpc) is 3.01. The molecule has 0 radical (unpaired) electrons. The van der Waals surface area contributed by atoms with Crippen LogP contribution in [0.25, 0.3) is 10.9 Å². The standard InChI is InChI=1S/C15H17N5O2/c1-9-4-5-14-11(6-9)13(17-20(14)3)8-16-15(21)7-12-10(2)18-22-19-12/h4-6H,7-8H2,1-3H3,(H,16,21). The van der Waals surface area contributed by atoms with E-state index in [4.69, 9.17) is 0 Å². The first-order valence-corrected chi connectivity index (χ1v) is 7.01. The van der Waals surface area contributed by atoms with Gasteiger partial charge in [0.05, 0.1) is 24.2 Å². The molecule has 1 aromatic carbocycles. The molecule has 0 fully saturated rings. The van der Waals surface area contributed by atoms with E-state index in [1.54, 1.807) is 6.92 Å². The molecule has 3 rings (SSSR count). The van der Waals surface area contributed by atoms with Crippen molar-refractivity contribution in [3.05, 3.63) is 40.8 Å². The maximum atomic E-state index is 12.0. The number of carbonyl (C=O) groups is 1. The van der Waals surface area contributed by atoms with Gasteiger partial charge >= 0.3 is 0 Å². The Morgan fingerprint density at radius 2 is 2.09 bits per heavy atom. The molecule has 0 unspecified atom stereocenters. The van der Waals surface area contributed by atoms with E-state index in [2.05, 4.69) is 31.4 Å². The Morgan fingerprint density at radius 1 is 1.27 bits per heavy atom. The smallest absolute Gasteiger partial charge is 0.226 e. The fourth-order valence-electron chi connectivity index (χ4n) is 2.39. The van der Waals surface area contributed by atoms with Gasteiger partial charge in [-0.15, -0.1) is 0 Å². The predicted octanol–water partition coefficient (Wildman–Crippen LogP) is 1.43. The van der Waals surface area contributed by atoms with Crippen LogP contribution in [0.2, 0.25) is 0 Å². The molecule has 2 aromatic heterocycles. The summed E-state index contributed by atoms with van der Waals surface area (Å²) in [6.45, 7) is 4.17. The molecule has 1 N–H and O–H groups in total. The summed E-state index contributed by atoms with van der Waals surface area (Å²) in [5, 5.41) is 15.8. The van der Waals surface area contributed by atoms with Crippen LogP contribution < -0.4 is 5.32 Å². The van der Waals surface area contributed by atoms with Crippen LogP contribution in [0.3, 0.4) is 0 Å². The van der Waals surface area contributed by atoms with Crippen LogP contribution in [0.5, 0.6) is 0 Å². The number of rotatable bonds is 4. The number of amides is 1. The quantitative estimate of drug-likeness (QED) is 0.787. The highest BCUT2D eigenvalue weighted by atomic mass is 16.6. The second kappa shape index (κ2) is 5.59. The molecular formula is C15H17N5O2. The number of fused-ring (bicyclic) bond motifs is 1. The zero-order chi connectivity index (χ0) is 15.7. The van der Waals surface area contributed by atoms with E-state index in [-0.39, 0.29) is 12.3 Å². The number of nitrogens with one attached hydrogen (secondary N) is 1. The normalized spacial score (nSPS) is 11.0. The molecule has 114 valence electrons. The van der Waals surface area contributed by atoms with Crippen LogP contribution in [0.1, 0.15) is 22.6 Å². The summed E-state index contributed by atoms with van der Waals surface area (Å²) in [5.74, 6) is -0.134. The van der Waals surface area contributed by atoms with Crippen molar-refractivity contribution in [2.45, 2.75) is 26.8 Å². The van der Waals surface area contributed by atoms with E-state index < -0.39 is 0 Å². The molecule has 0 saturated heterocycles. The second-order valence-corrected chi connectivity index (χ2v) is 5.34. The largest absolute Gasteiger partial charge is 0.350 e. The van der Waals surface area contributed by atoms with Gasteiger partial charge in [0.1, 0.15) is 11.4 Å². The first-order chi connectivity index (χ1) is 10.5. The van der Waals surface area contributed by atoms with Crippen molar-refractivity contribution in [1.29, 1.82) is 0 Å². The lowest BCUT2D eigenvalue weighted by atomic mass is 10.1. The summed E-state index contributed by atoms with van der Waals surface area (Å²) in [4.78, 5) is 12.0. The first kappa shape index (κ1) is 14.2. The summed E-state index contributed by atoms with van der Waals surface area (Å²) in [7, 11) is 1.90. The van der Waals surface area contributed by atoms with Crippen molar-refractivity contribution < 1.29 is 9.42 Å². The van der Waals surface area contributed by atoms with Crippen LogP contribution in [0, 0.1) is 13.8 Å². The first-order valence-electron chi connectivity index (χ1n) is 7.01. The van der Waals surface area contributed by atoms with Crippen molar-refractivity contribution in [2.24, 2.45) is 7.05 Å². The Kier molecular flexibility index (Phi) is 3.62. The van der Waals surface area contributed by atoms with E-state index in [1.807, 2.05) is 30.8 Å². The molecule has 0 saturated carbocycles. The molecule has 7 heteroatoms. The fraction of sp³-hybridized carbons (Fsp3) is 0.333. The summed E-state index contributed by atoms with van der Waals surface area (Å²) in [6, 6.07) is 6.16. The molecule has 7 nitrogen and oxygen atoms in total. The molecule has 0 atom stereocenters. The van der Waals surface area contributed by atoms with Crippen molar-refractivity contribution in [2.75, 3.05) is 0 Å². The van der Waals surface area contributed by atoms with Crippen LogP contribution in [0.4, 0.5) is 0 Å². The Labute approximate surface area is 127 Å². The number of benzene rings is 1. The van der Waals surface area contributed by atoms with Gasteiger partial charge in [0.15, 0.2) is 0 Å². The summed E-state index contributed by atoms with van der Waals surface area (Å²) < 4.78 is 6.41. The average molecular weight is 299 g/mol. The number of hydrogen-bond acceptors (Lipinski definition) is 5. The highest BCUT2D eigenvalue weighted by Crippen LogP contribution is 2.19. The van der Waals surface area contributed by atoms with Gasteiger partial charge in [0.25, 0.3) is 0 Å². The number of aromatic nitrogens is 4. The second-order valence-electron chi connectivity index (χ2n) is 5.34. The van der Waals surface area contributed by atoms with E-state index in [9.17, 15) is 4.79 Å². The predicted molar refractivity (Wildman–Crippen MR) is 80.0 cm³/mol. The minimum atomic E-state index is -0.134. The maximum Gasteiger partial charge on any atom is 0.226 e. The van der Waals surface area contributed by atoms with E-state index in [0.717, 1.165) is 22.2 Å². The van der Waals surface area contributed by atoms with Gasteiger partial charge in [-0.05, 0) is 26.0 Å². The SMILES string of the molecule is Cc1ccc2c(c1)c(CNC(=O)Cc1nonc1C)nn2C. The molecular weight excluding hydrogens is 282 g/mol. The van der Waals surface area contributed by atoms with Crippen molar-refractivity contribution in [3.8, 4) is 0 Å². The third-order valence-corrected chi connectivity index (χ3v) is 3.61. The summed E-state index contributed by atoms with van der Waals surface area (Å²) in [5.41, 5.74) is 4.25. The van der Waals surface area contributed by atoms with Gasteiger partial charge in [0.2, 0.25) is 5.91 Å². The molecule has 0 aliphatic rings. The molecule has 0 aliphatic carbocycles. The fourth-order valence-corrected chi connectivity index (χ4v) is 2.39. The summed E-state index contributed by atoms with van der Waals surface area (Å²) in [6.07, 6.45) is 0.152. The highest BCUT2D eigenvalue weighted by Gasteiger charge is 2.13. The minimum absolute atomic E-state index is 0.134. The lowest BCUT2D eigenvalue weighted by Gasteiger charge is -2.02. The molecule has 0 spiro atoms. The van der Waals surface area contributed by atoms with Gasteiger partial charge in [0, 0.05) is 12.4 Å². The molecule has 2 heterocycles. The maximum absolute atomic E-state index is 12.0. The topological polar surface area (TPSA) is 85.8 Å². The lowest BCUT2D eigenvalue weighted by molar-refractivity contribution is -0.120. The van der Waals surface area contributed by atoms with Crippen LogP contribution in [0.15, 0.2) is 22.8 Å². The number of hydrogen-bond donors (Lipinski definition) is 1. The van der Waals surface area contributed by atoms with Crippen LogP contribution in [-0.4, -0.2) is 26.0 Å². The molecule has 1 amide bonds. The Hall–Kier alpha value is -2.70. The van der Waals surface area contributed by atoms with Crippen molar-refractivity contribution in [3.63, 3.8) is 0 Å². The Bertz CT molecular complexity index is 834. The zero-order valence-electron chi connectivity index (χ0n) is 12.8. The number of carbonyl (C=O) groups excluding carboxylic acids is 1. The molecule has 0 bridgehead atoms. The van der Waals surface area contributed by atoms with E-state index in [0.29, 0.717) is 17.9 Å². The van der Waals surface area contributed by atoms with Crippen LogP contribution >= 0.6 is 0 Å². The summed E-state index contributed by atoms with van der Waals surface area (Å²) >= 11 is 0. The van der Waals surface area contributed by atoms with E-state index in [1.165, 1.54) is 0 Å². The number of aryl methyl sites for hydroxylation is 3. The van der Waals surface area contributed by atoms with Gasteiger partial charge in [-0.1, -0.05) is 21.9 Å². The minimum Gasteiger partial charge on any atom is -0.350 e. The monoisotopic (exact) mass is 299 g/mol.